The molecule has 2 aromatic heterocycles. The van der Waals surface area contributed by atoms with E-state index in [1.165, 1.54) is 16.3 Å². The Kier molecular flexibility index (Phi) is 3.70. The van der Waals surface area contributed by atoms with Crippen LogP contribution in [0.2, 0.25) is 0 Å². The summed E-state index contributed by atoms with van der Waals surface area (Å²) in [5.41, 5.74) is 2.35. The second kappa shape index (κ2) is 5.80. The van der Waals surface area contributed by atoms with Crippen molar-refractivity contribution in [1.82, 2.24) is 15.3 Å². The minimum Gasteiger partial charge on any atom is -0.305 e. The van der Waals surface area contributed by atoms with E-state index in [4.69, 9.17) is 0 Å². The van der Waals surface area contributed by atoms with Crippen LogP contribution in [0.1, 0.15) is 24.2 Å². The SMILES string of the molecule is C[C@H](NCc1cccc2cnccc12)c1ccccn1. The fraction of sp³-hybridized carbons (Fsp3) is 0.176. The lowest BCUT2D eigenvalue weighted by Crippen LogP contribution is -2.19. The normalized spacial score (nSPS) is 12.4. The molecule has 1 N–H and O–H groups in total. The van der Waals surface area contributed by atoms with Gasteiger partial charge in [-0.25, -0.2) is 0 Å². The van der Waals surface area contributed by atoms with Gasteiger partial charge in [-0.3, -0.25) is 9.97 Å². The Hall–Kier alpha value is -2.26. The zero-order valence-corrected chi connectivity index (χ0v) is 11.5. The van der Waals surface area contributed by atoms with Gasteiger partial charge in [-0.1, -0.05) is 24.3 Å². The lowest BCUT2D eigenvalue weighted by molar-refractivity contribution is 0.563. The van der Waals surface area contributed by atoms with Gasteiger partial charge in [0.2, 0.25) is 0 Å². The smallest absolute Gasteiger partial charge is 0.0570 e. The minimum atomic E-state index is 0.230. The Balaban J connectivity index is 1.77. The molecule has 3 rings (SSSR count). The summed E-state index contributed by atoms with van der Waals surface area (Å²) >= 11 is 0. The van der Waals surface area contributed by atoms with Crippen LogP contribution in [0.3, 0.4) is 0 Å². The molecule has 0 aliphatic rings. The highest BCUT2D eigenvalue weighted by atomic mass is 14.9. The van der Waals surface area contributed by atoms with Crippen LogP contribution in [-0.4, -0.2) is 9.97 Å². The van der Waals surface area contributed by atoms with E-state index in [0.29, 0.717) is 0 Å². The fourth-order valence-electron chi connectivity index (χ4n) is 2.34. The van der Waals surface area contributed by atoms with E-state index < -0.39 is 0 Å². The van der Waals surface area contributed by atoms with Crippen LogP contribution in [0.25, 0.3) is 10.8 Å². The van der Waals surface area contributed by atoms with Gasteiger partial charge in [-0.05, 0) is 36.1 Å². The zero-order chi connectivity index (χ0) is 13.8. The fourth-order valence-corrected chi connectivity index (χ4v) is 2.34. The monoisotopic (exact) mass is 263 g/mol. The molecule has 0 saturated carbocycles. The van der Waals surface area contributed by atoms with Crippen molar-refractivity contribution in [2.75, 3.05) is 0 Å². The summed E-state index contributed by atoms with van der Waals surface area (Å²) in [6.45, 7) is 2.95. The zero-order valence-electron chi connectivity index (χ0n) is 11.5. The van der Waals surface area contributed by atoms with E-state index >= 15 is 0 Å². The van der Waals surface area contributed by atoms with Crippen LogP contribution in [0.4, 0.5) is 0 Å². The molecule has 20 heavy (non-hydrogen) atoms. The van der Waals surface area contributed by atoms with Crippen molar-refractivity contribution in [3.8, 4) is 0 Å². The van der Waals surface area contributed by atoms with Gasteiger partial charge >= 0.3 is 0 Å². The molecule has 0 aliphatic heterocycles. The highest BCUT2D eigenvalue weighted by Gasteiger charge is 2.06. The van der Waals surface area contributed by atoms with Crippen molar-refractivity contribution in [1.29, 1.82) is 0 Å². The summed E-state index contributed by atoms with van der Waals surface area (Å²) in [6, 6.07) is 14.6. The molecule has 1 atom stereocenters. The first-order chi connectivity index (χ1) is 9.84. The molecular formula is C17H17N3. The molecule has 100 valence electrons. The van der Waals surface area contributed by atoms with Gasteiger partial charge < -0.3 is 5.32 Å². The second-order valence-corrected chi connectivity index (χ2v) is 4.87. The molecule has 3 aromatic rings. The van der Waals surface area contributed by atoms with Gasteiger partial charge in [0.15, 0.2) is 0 Å². The molecular weight excluding hydrogens is 246 g/mol. The van der Waals surface area contributed by atoms with Crippen molar-refractivity contribution in [3.63, 3.8) is 0 Å². The number of fused-ring (bicyclic) bond motifs is 1. The maximum atomic E-state index is 4.38. The Labute approximate surface area is 118 Å². The summed E-state index contributed by atoms with van der Waals surface area (Å²) in [6.07, 6.45) is 5.58. The van der Waals surface area contributed by atoms with Crippen molar-refractivity contribution < 1.29 is 0 Å². The third kappa shape index (κ3) is 2.68. The average Bonchev–Trinajstić information content (AvgIpc) is 2.53. The maximum Gasteiger partial charge on any atom is 0.0570 e. The van der Waals surface area contributed by atoms with E-state index in [0.717, 1.165) is 12.2 Å². The Morgan fingerprint density at radius 2 is 2.00 bits per heavy atom. The number of nitrogens with zero attached hydrogens (tertiary/aromatic N) is 2. The summed E-state index contributed by atoms with van der Waals surface area (Å²) in [5, 5.41) is 5.96. The molecule has 3 nitrogen and oxygen atoms in total. The second-order valence-electron chi connectivity index (χ2n) is 4.87. The predicted molar refractivity (Wildman–Crippen MR) is 81.2 cm³/mol. The van der Waals surface area contributed by atoms with Gasteiger partial charge in [0.25, 0.3) is 0 Å². The first kappa shape index (κ1) is 12.8. The number of aromatic nitrogens is 2. The number of hydrogen-bond donors (Lipinski definition) is 1. The van der Waals surface area contributed by atoms with Crippen LogP contribution in [0.15, 0.2) is 61.1 Å². The molecule has 3 heteroatoms. The molecule has 0 spiro atoms. The molecule has 0 aliphatic carbocycles. The van der Waals surface area contributed by atoms with E-state index in [1.807, 2.05) is 36.8 Å². The standard InChI is InChI=1S/C17H17N3/c1-13(17-7-2-3-9-19-17)20-12-15-6-4-5-14-11-18-10-8-16(14)15/h2-11,13,20H,12H2,1H3/t13-/m0/s1. The van der Waals surface area contributed by atoms with Crippen LogP contribution in [0, 0.1) is 0 Å². The Bertz CT molecular complexity index is 689. The quantitative estimate of drug-likeness (QED) is 0.783. The topological polar surface area (TPSA) is 37.8 Å². The first-order valence-electron chi connectivity index (χ1n) is 6.80. The predicted octanol–water partition coefficient (Wildman–Crippen LogP) is 3.48. The van der Waals surface area contributed by atoms with Crippen molar-refractivity contribution >= 4 is 10.8 Å². The van der Waals surface area contributed by atoms with Gasteiger partial charge in [0, 0.05) is 36.6 Å². The lowest BCUT2D eigenvalue weighted by Gasteiger charge is -2.14. The molecule has 0 saturated heterocycles. The summed E-state index contributed by atoms with van der Waals surface area (Å²) in [7, 11) is 0. The van der Waals surface area contributed by atoms with E-state index in [-0.39, 0.29) is 6.04 Å². The third-order valence-corrected chi connectivity index (χ3v) is 3.50. The van der Waals surface area contributed by atoms with Crippen molar-refractivity contribution in [2.45, 2.75) is 19.5 Å². The molecule has 0 radical (unpaired) electrons. The number of benzene rings is 1. The van der Waals surface area contributed by atoms with Crippen LogP contribution >= 0.6 is 0 Å². The highest BCUT2D eigenvalue weighted by molar-refractivity contribution is 5.84. The summed E-state index contributed by atoms with van der Waals surface area (Å²) in [4.78, 5) is 8.55. The Morgan fingerprint density at radius 3 is 2.85 bits per heavy atom. The third-order valence-electron chi connectivity index (χ3n) is 3.50. The Morgan fingerprint density at radius 1 is 1.05 bits per heavy atom. The molecule has 0 bridgehead atoms. The number of pyridine rings is 2. The molecule has 0 fully saturated rings. The lowest BCUT2D eigenvalue weighted by atomic mass is 10.1. The number of rotatable bonds is 4. The average molecular weight is 263 g/mol. The molecule has 1 aromatic carbocycles. The molecule has 0 unspecified atom stereocenters. The number of hydrogen-bond acceptors (Lipinski definition) is 3. The molecule has 2 heterocycles. The van der Waals surface area contributed by atoms with Crippen molar-refractivity contribution in [2.24, 2.45) is 0 Å². The van der Waals surface area contributed by atoms with E-state index in [2.05, 4.69) is 46.5 Å². The largest absolute Gasteiger partial charge is 0.305 e. The van der Waals surface area contributed by atoms with E-state index in [1.54, 1.807) is 0 Å². The van der Waals surface area contributed by atoms with E-state index in [9.17, 15) is 0 Å². The van der Waals surface area contributed by atoms with Gasteiger partial charge in [0.1, 0.15) is 0 Å². The molecule has 0 amide bonds. The minimum absolute atomic E-state index is 0.230. The van der Waals surface area contributed by atoms with Crippen LogP contribution in [-0.2, 0) is 6.54 Å². The van der Waals surface area contributed by atoms with Gasteiger partial charge in [0.05, 0.1) is 5.69 Å². The first-order valence-corrected chi connectivity index (χ1v) is 6.80. The highest BCUT2D eigenvalue weighted by Crippen LogP contribution is 2.18. The maximum absolute atomic E-state index is 4.38. The van der Waals surface area contributed by atoms with Crippen LogP contribution < -0.4 is 5.32 Å². The van der Waals surface area contributed by atoms with Crippen molar-refractivity contribution in [3.05, 3.63) is 72.3 Å². The summed E-state index contributed by atoms with van der Waals surface area (Å²) < 4.78 is 0. The van der Waals surface area contributed by atoms with Gasteiger partial charge in [-0.2, -0.15) is 0 Å². The summed E-state index contributed by atoms with van der Waals surface area (Å²) in [5.74, 6) is 0. The van der Waals surface area contributed by atoms with Gasteiger partial charge in [-0.15, -0.1) is 0 Å². The van der Waals surface area contributed by atoms with Crippen LogP contribution in [0.5, 0.6) is 0 Å². The number of nitrogens with one attached hydrogen (secondary N) is 1.